The number of nitrogens with one attached hydrogen (secondary N) is 1. The van der Waals surface area contributed by atoms with E-state index in [1.807, 2.05) is 6.92 Å². The molecule has 0 saturated heterocycles. The molecule has 0 radical (unpaired) electrons. The molecule has 1 aliphatic rings. The molecule has 0 spiro atoms. The normalized spacial score (nSPS) is 15.6. The first kappa shape index (κ1) is 14.2. The number of alkyl halides is 3. The second-order valence-corrected chi connectivity index (χ2v) is 5.01. The topological polar surface area (TPSA) is 15.3 Å². The molecule has 2 rings (SSSR count). The van der Waals surface area contributed by atoms with Gasteiger partial charge in [-0.05, 0) is 37.5 Å². The van der Waals surface area contributed by atoms with Gasteiger partial charge in [-0.15, -0.1) is 0 Å². The van der Waals surface area contributed by atoms with Gasteiger partial charge in [0.15, 0.2) is 0 Å². The average molecular weight is 272 g/mol. The van der Waals surface area contributed by atoms with Gasteiger partial charge < -0.3 is 10.2 Å². The van der Waals surface area contributed by atoms with Gasteiger partial charge >= 0.3 is 6.18 Å². The highest BCUT2D eigenvalue weighted by atomic mass is 19.4. The third kappa shape index (κ3) is 3.62. The van der Waals surface area contributed by atoms with Crippen molar-refractivity contribution in [3.05, 3.63) is 29.3 Å². The SMILES string of the molecule is CCN(C)c1ccc(CNC2CC2)c(C(F)(F)F)c1. The molecule has 1 aliphatic carbocycles. The summed E-state index contributed by atoms with van der Waals surface area (Å²) in [6, 6.07) is 4.98. The minimum Gasteiger partial charge on any atom is -0.375 e. The molecule has 1 fully saturated rings. The maximum absolute atomic E-state index is 13.1. The summed E-state index contributed by atoms with van der Waals surface area (Å²) in [5.41, 5.74) is 0.399. The Hall–Kier alpha value is -1.23. The van der Waals surface area contributed by atoms with Gasteiger partial charge in [-0.25, -0.2) is 0 Å². The minimum atomic E-state index is -4.30. The first-order valence-electron chi connectivity index (χ1n) is 6.56. The third-order valence-electron chi connectivity index (χ3n) is 3.47. The van der Waals surface area contributed by atoms with Crippen LogP contribution in [0, 0.1) is 0 Å². The van der Waals surface area contributed by atoms with Crippen molar-refractivity contribution in [2.45, 2.75) is 38.5 Å². The Bertz CT molecular complexity index is 439. The van der Waals surface area contributed by atoms with Gasteiger partial charge in [-0.2, -0.15) is 13.2 Å². The number of hydrogen-bond donors (Lipinski definition) is 1. The zero-order chi connectivity index (χ0) is 14.0. The number of nitrogens with zero attached hydrogens (tertiary/aromatic N) is 1. The molecule has 0 aliphatic heterocycles. The van der Waals surface area contributed by atoms with Crippen molar-refractivity contribution in [1.82, 2.24) is 5.32 Å². The van der Waals surface area contributed by atoms with E-state index in [1.165, 1.54) is 6.07 Å². The van der Waals surface area contributed by atoms with Gasteiger partial charge in [-0.1, -0.05) is 6.07 Å². The minimum absolute atomic E-state index is 0.287. The molecule has 0 atom stereocenters. The third-order valence-corrected chi connectivity index (χ3v) is 3.47. The van der Waals surface area contributed by atoms with E-state index in [-0.39, 0.29) is 6.54 Å². The van der Waals surface area contributed by atoms with E-state index in [0.29, 0.717) is 23.8 Å². The van der Waals surface area contributed by atoms with Crippen LogP contribution in [0.15, 0.2) is 18.2 Å². The molecule has 19 heavy (non-hydrogen) atoms. The summed E-state index contributed by atoms with van der Waals surface area (Å²) in [6.07, 6.45) is -2.17. The molecule has 0 aromatic heterocycles. The average Bonchev–Trinajstić information content (AvgIpc) is 3.18. The van der Waals surface area contributed by atoms with Crippen molar-refractivity contribution in [2.75, 3.05) is 18.5 Å². The maximum Gasteiger partial charge on any atom is 0.416 e. The number of anilines is 1. The highest BCUT2D eigenvalue weighted by Crippen LogP contribution is 2.35. The highest BCUT2D eigenvalue weighted by molar-refractivity contribution is 5.51. The van der Waals surface area contributed by atoms with Crippen molar-refractivity contribution in [2.24, 2.45) is 0 Å². The van der Waals surface area contributed by atoms with Crippen molar-refractivity contribution in [3.63, 3.8) is 0 Å². The number of benzene rings is 1. The van der Waals surface area contributed by atoms with Crippen LogP contribution in [0.3, 0.4) is 0 Å². The Morgan fingerprint density at radius 1 is 1.32 bits per heavy atom. The van der Waals surface area contributed by atoms with E-state index in [1.54, 1.807) is 24.1 Å². The first-order chi connectivity index (χ1) is 8.91. The van der Waals surface area contributed by atoms with Gasteiger partial charge in [0, 0.05) is 31.9 Å². The number of halogens is 3. The molecule has 1 N–H and O–H groups in total. The second-order valence-electron chi connectivity index (χ2n) is 5.01. The summed E-state index contributed by atoms with van der Waals surface area (Å²) in [4.78, 5) is 1.80. The molecule has 0 heterocycles. The summed E-state index contributed by atoms with van der Waals surface area (Å²) in [5, 5.41) is 3.13. The molecule has 2 nitrogen and oxygen atoms in total. The quantitative estimate of drug-likeness (QED) is 0.883. The molecule has 0 unspecified atom stereocenters. The maximum atomic E-state index is 13.1. The molecule has 1 aromatic carbocycles. The van der Waals surface area contributed by atoms with E-state index >= 15 is 0 Å². The summed E-state index contributed by atoms with van der Waals surface area (Å²) in [5.74, 6) is 0. The predicted molar refractivity (Wildman–Crippen MR) is 70.2 cm³/mol. The van der Waals surface area contributed by atoms with Crippen LogP contribution in [0.1, 0.15) is 30.9 Å². The number of rotatable bonds is 5. The number of hydrogen-bond acceptors (Lipinski definition) is 2. The fourth-order valence-electron chi connectivity index (χ4n) is 1.94. The lowest BCUT2D eigenvalue weighted by Crippen LogP contribution is -2.21. The fourth-order valence-corrected chi connectivity index (χ4v) is 1.94. The lowest BCUT2D eigenvalue weighted by atomic mass is 10.1. The van der Waals surface area contributed by atoms with Crippen molar-refractivity contribution in [3.8, 4) is 0 Å². The Morgan fingerprint density at radius 2 is 2.00 bits per heavy atom. The monoisotopic (exact) mass is 272 g/mol. The zero-order valence-corrected chi connectivity index (χ0v) is 11.2. The van der Waals surface area contributed by atoms with Crippen LogP contribution in [0.5, 0.6) is 0 Å². The first-order valence-corrected chi connectivity index (χ1v) is 6.56. The van der Waals surface area contributed by atoms with Gasteiger partial charge in [0.1, 0.15) is 0 Å². The Balaban J connectivity index is 2.25. The summed E-state index contributed by atoms with van der Waals surface area (Å²) >= 11 is 0. The van der Waals surface area contributed by atoms with Crippen molar-refractivity contribution in [1.29, 1.82) is 0 Å². The Kier molecular flexibility index (Phi) is 4.04. The van der Waals surface area contributed by atoms with Crippen molar-refractivity contribution < 1.29 is 13.2 Å². The van der Waals surface area contributed by atoms with E-state index in [0.717, 1.165) is 12.8 Å². The van der Waals surface area contributed by atoms with Gasteiger partial charge in [0.05, 0.1) is 5.56 Å². The van der Waals surface area contributed by atoms with E-state index in [2.05, 4.69) is 5.32 Å². The summed E-state index contributed by atoms with van der Waals surface area (Å²) in [7, 11) is 1.79. The van der Waals surface area contributed by atoms with Gasteiger partial charge in [0.2, 0.25) is 0 Å². The van der Waals surface area contributed by atoms with Gasteiger partial charge in [0.25, 0.3) is 0 Å². The van der Waals surface area contributed by atoms with E-state index in [4.69, 9.17) is 0 Å². The van der Waals surface area contributed by atoms with Crippen LogP contribution in [-0.2, 0) is 12.7 Å². The molecule has 1 aromatic rings. The molecular formula is C14H19F3N2. The van der Waals surface area contributed by atoms with Crippen molar-refractivity contribution >= 4 is 5.69 Å². The zero-order valence-electron chi connectivity index (χ0n) is 11.2. The molecule has 0 amide bonds. The lowest BCUT2D eigenvalue weighted by molar-refractivity contribution is -0.138. The van der Waals surface area contributed by atoms with Crippen LogP contribution < -0.4 is 10.2 Å². The summed E-state index contributed by atoms with van der Waals surface area (Å²) < 4.78 is 39.3. The van der Waals surface area contributed by atoms with Gasteiger partial charge in [-0.3, -0.25) is 0 Å². The molecule has 5 heteroatoms. The predicted octanol–water partition coefficient (Wildman–Crippen LogP) is 3.41. The van der Waals surface area contributed by atoms with Crippen LogP contribution >= 0.6 is 0 Å². The Morgan fingerprint density at radius 3 is 2.53 bits per heavy atom. The van der Waals surface area contributed by atoms with Crippen LogP contribution in [-0.4, -0.2) is 19.6 Å². The smallest absolute Gasteiger partial charge is 0.375 e. The Labute approximate surface area is 111 Å². The lowest BCUT2D eigenvalue weighted by Gasteiger charge is -2.20. The van der Waals surface area contributed by atoms with E-state index in [9.17, 15) is 13.2 Å². The largest absolute Gasteiger partial charge is 0.416 e. The molecule has 1 saturated carbocycles. The second kappa shape index (κ2) is 5.41. The fraction of sp³-hybridized carbons (Fsp3) is 0.571. The molecular weight excluding hydrogens is 253 g/mol. The standard InChI is InChI=1S/C14H19F3N2/c1-3-19(2)12-7-4-10(9-18-11-5-6-11)13(8-12)14(15,16)17/h4,7-8,11,18H,3,5-6,9H2,1-2H3. The van der Waals surface area contributed by atoms with Crippen LogP contribution in [0.2, 0.25) is 0 Å². The highest BCUT2D eigenvalue weighted by Gasteiger charge is 2.34. The molecule has 0 bridgehead atoms. The summed E-state index contributed by atoms with van der Waals surface area (Å²) in [6.45, 7) is 2.88. The molecule has 106 valence electrons. The van der Waals surface area contributed by atoms with Crippen LogP contribution in [0.4, 0.5) is 18.9 Å². The van der Waals surface area contributed by atoms with Crippen LogP contribution in [0.25, 0.3) is 0 Å². The van der Waals surface area contributed by atoms with E-state index < -0.39 is 11.7 Å².